The molecule has 288 valence electrons. The van der Waals surface area contributed by atoms with Crippen molar-refractivity contribution in [3.8, 4) is 5.75 Å². The number of aromatic nitrogens is 1. The van der Waals surface area contributed by atoms with Gasteiger partial charge in [-0.1, -0.05) is 68.8 Å². The Balaban J connectivity index is 1.17. The monoisotopic (exact) mass is 930 g/mol. The fraction of sp³-hybridized carbons (Fsp3) is 0.184. The van der Waals surface area contributed by atoms with Crippen molar-refractivity contribution < 1.29 is 33.2 Å². The number of alkyl halides is 1. The summed E-state index contributed by atoms with van der Waals surface area (Å²) in [4.78, 5) is 71.7. The molecule has 0 bridgehead atoms. The lowest BCUT2D eigenvalue weighted by atomic mass is 10.1. The van der Waals surface area contributed by atoms with E-state index >= 15 is 4.39 Å². The molecule has 0 spiro atoms. The highest BCUT2D eigenvalue weighted by molar-refractivity contribution is 14.1. The van der Waals surface area contributed by atoms with E-state index in [1.807, 2.05) is 0 Å². The van der Waals surface area contributed by atoms with E-state index in [0.717, 1.165) is 11.0 Å². The number of carbonyl (C=O) groups is 4. The van der Waals surface area contributed by atoms with Gasteiger partial charge in [-0.25, -0.2) is 7.50 Å². The molecule has 56 heavy (non-hydrogen) atoms. The number of benzene rings is 4. The molecule has 3 unspecified atom stereocenters. The van der Waals surface area contributed by atoms with Crippen molar-refractivity contribution in [2.24, 2.45) is 0 Å². The zero-order valence-electron chi connectivity index (χ0n) is 29.3. The van der Waals surface area contributed by atoms with Crippen LogP contribution in [0.2, 0.25) is 10.0 Å². The van der Waals surface area contributed by atoms with Crippen molar-refractivity contribution in [3.05, 3.63) is 134 Å². The van der Waals surface area contributed by atoms with Gasteiger partial charge in [0, 0.05) is 53.5 Å². The standard InChI is InChI=1S/C38H31Cl2FIN6O7P/c1-45(37(52)32-18-38(41,56)21-46(32)34(49)19-44-35(50)26-14-15-43-29-8-4-3-7-25(26)29)30-9-5-2-6-22(30)20-55-33-13-10-23(39)16-27(33)36(51)47(42)31-12-11-24(48(53)54)17-28(31)40/h2-17,32H,18-21,56H2,1H3,(H,44,50). The molecule has 5 aromatic rings. The average Bonchev–Trinajstić information content (AvgIpc) is 3.53. The van der Waals surface area contributed by atoms with Gasteiger partial charge >= 0.3 is 0 Å². The first-order valence-electron chi connectivity index (χ1n) is 16.8. The number of nitro benzene ring substituents is 1. The molecule has 4 aromatic carbocycles. The number of amides is 4. The van der Waals surface area contributed by atoms with Crippen molar-refractivity contribution in [1.29, 1.82) is 0 Å². The summed E-state index contributed by atoms with van der Waals surface area (Å²) in [5.74, 6) is -2.16. The molecule has 1 fully saturated rings. The fourth-order valence-corrected chi connectivity index (χ4v) is 7.93. The molecule has 6 rings (SSSR count). The van der Waals surface area contributed by atoms with Crippen LogP contribution in [0.25, 0.3) is 10.9 Å². The molecule has 1 aromatic heterocycles. The summed E-state index contributed by atoms with van der Waals surface area (Å²) in [5, 5.41) is 12.7. The predicted molar refractivity (Wildman–Crippen MR) is 222 cm³/mol. The third-order valence-electron chi connectivity index (χ3n) is 9.01. The van der Waals surface area contributed by atoms with Gasteiger partial charge < -0.3 is 19.9 Å². The number of pyridine rings is 1. The van der Waals surface area contributed by atoms with Gasteiger partial charge in [-0.15, -0.1) is 0 Å². The lowest BCUT2D eigenvalue weighted by Gasteiger charge is -2.29. The largest absolute Gasteiger partial charge is 0.488 e. The molecule has 3 atom stereocenters. The Kier molecular flexibility index (Phi) is 12.4. The first-order valence-corrected chi connectivity index (χ1v) is 19.1. The number of fused-ring (bicyclic) bond motifs is 1. The maximum absolute atomic E-state index is 15.5. The van der Waals surface area contributed by atoms with E-state index in [1.165, 1.54) is 57.7 Å². The Morgan fingerprint density at radius 2 is 1.77 bits per heavy atom. The van der Waals surface area contributed by atoms with E-state index in [0.29, 0.717) is 27.7 Å². The van der Waals surface area contributed by atoms with Gasteiger partial charge in [-0.05, 0) is 42.5 Å². The number of rotatable bonds is 11. The second kappa shape index (κ2) is 17.0. The highest BCUT2D eigenvalue weighted by atomic mass is 127. The number of nitro groups is 1. The summed E-state index contributed by atoms with van der Waals surface area (Å²) < 4.78 is 22.8. The van der Waals surface area contributed by atoms with Crippen molar-refractivity contribution in [2.75, 3.05) is 28.2 Å². The summed E-state index contributed by atoms with van der Waals surface area (Å²) in [6, 6.07) is 22.4. The summed E-state index contributed by atoms with van der Waals surface area (Å²) in [5.41, 5.74) is 1.87. The van der Waals surface area contributed by atoms with Crippen LogP contribution in [-0.2, 0) is 16.2 Å². The van der Waals surface area contributed by atoms with E-state index in [9.17, 15) is 29.3 Å². The first kappa shape index (κ1) is 40.7. The van der Waals surface area contributed by atoms with Crippen LogP contribution in [0.15, 0.2) is 97.2 Å². The number of non-ortho nitro benzene ring substituents is 1. The molecule has 0 aliphatic carbocycles. The van der Waals surface area contributed by atoms with E-state index in [4.69, 9.17) is 27.9 Å². The molecular formula is C38H31Cl2FIN6O7P. The number of ether oxygens (including phenoxy) is 1. The predicted octanol–water partition coefficient (Wildman–Crippen LogP) is 7.56. The Morgan fingerprint density at radius 1 is 1.04 bits per heavy atom. The fourth-order valence-electron chi connectivity index (χ4n) is 6.26. The molecule has 1 saturated heterocycles. The second-order valence-corrected chi connectivity index (χ2v) is 15.6. The number of para-hydroxylation sites is 2. The highest BCUT2D eigenvalue weighted by Crippen LogP contribution is 2.38. The van der Waals surface area contributed by atoms with Gasteiger partial charge in [0.25, 0.3) is 17.5 Å². The first-order chi connectivity index (χ1) is 26.6. The number of hydrogen-bond acceptors (Lipinski definition) is 8. The summed E-state index contributed by atoms with van der Waals surface area (Å²) in [7, 11) is 3.57. The van der Waals surface area contributed by atoms with Gasteiger partial charge in [0.2, 0.25) is 11.8 Å². The number of anilines is 2. The summed E-state index contributed by atoms with van der Waals surface area (Å²) in [6.07, 6.45) is 1.20. The molecule has 13 nitrogen and oxygen atoms in total. The van der Waals surface area contributed by atoms with E-state index in [2.05, 4.69) is 19.5 Å². The van der Waals surface area contributed by atoms with E-state index < -0.39 is 46.5 Å². The van der Waals surface area contributed by atoms with Crippen molar-refractivity contribution in [1.82, 2.24) is 15.2 Å². The molecule has 1 N–H and O–H groups in total. The van der Waals surface area contributed by atoms with E-state index in [-0.39, 0.29) is 52.3 Å². The van der Waals surface area contributed by atoms with Gasteiger partial charge in [-0.2, -0.15) is 0 Å². The minimum absolute atomic E-state index is 0.0225. The smallest absolute Gasteiger partial charge is 0.271 e. The lowest BCUT2D eigenvalue weighted by molar-refractivity contribution is -0.384. The summed E-state index contributed by atoms with van der Waals surface area (Å²) >= 11 is 14.3. The zero-order chi connectivity index (χ0) is 40.3. The Hall–Kier alpha value is -4.96. The van der Waals surface area contributed by atoms with Gasteiger partial charge in [0.15, 0.2) is 0 Å². The van der Waals surface area contributed by atoms with Gasteiger partial charge in [-0.3, -0.25) is 34.3 Å². The number of carbonyl (C=O) groups excluding carboxylic acids is 4. The lowest BCUT2D eigenvalue weighted by Crippen LogP contribution is -2.49. The quantitative estimate of drug-likeness (QED) is 0.0468. The topological polar surface area (TPSA) is 155 Å². The molecule has 4 amide bonds. The average molecular weight is 931 g/mol. The molecule has 0 saturated carbocycles. The van der Waals surface area contributed by atoms with Crippen LogP contribution in [0.4, 0.5) is 21.5 Å². The third-order valence-corrected chi connectivity index (χ3v) is 10.9. The number of likely N-dealkylation sites (tertiary alicyclic amines) is 1. The minimum Gasteiger partial charge on any atom is -0.488 e. The number of hydrogen-bond donors (Lipinski definition) is 1. The molecule has 0 radical (unpaired) electrons. The Bertz CT molecular complexity index is 2390. The molecule has 1 aliphatic heterocycles. The number of nitrogens with one attached hydrogen (secondary N) is 1. The zero-order valence-corrected chi connectivity index (χ0v) is 34.2. The third kappa shape index (κ3) is 8.86. The Labute approximate surface area is 345 Å². The van der Waals surface area contributed by atoms with Crippen LogP contribution in [0.5, 0.6) is 5.75 Å². The molecule has 2 heterocycles. The highest BCUT2D eigenvalue weighted by Gasteiger charge is 2.47. The van der Waals surface area contributed by atoms with Crippen molar-refractivity contribution in [2.45, 2.75) is 24.5 Å². The van der Waals surface area contributed by atoms with Gasteiger partial charge in [0.1, 0.15) is 23.8 Å². The van der Waals surface area contributed by atoms with Crippen LogP contribution in [-0.4, -0.2) is 70.0 Å². The van der Waals surface area contributed by atoms with Gasteiger partial charge in [0.05, 0.1) is 68.2 Å². The van der Waals surface area contributed by atoms with Crippen LogP contribution in [0.3, 0.4) is 0 Å². The Morgan fingerprint density at radius 3 is 2.52 bits per heavy atom. The van der Waals surface area contributed by atoms with E-state index in [1.54, 1.807) is 71.4 Å². The number of halogens is 4. The molecule has 1 aliphatic rings. The van der Waals surface area contributed by atoms with Crippen LogP contribution in [0, 0.1) is 10.1 Å². The number of nitrogens with zero attached hydrogens (tertiary/aromatic N) is 5. The minimum atomic E-state index is -1.95. The SMILES string of the molecule is CN(C(=O)C1CC(F)(P)CN1C(=O)CNC(=O)c1ccnc2ccccc12)c1ccccc1COc1ccc(Cl)cc1C(=O)N(I)c1ccc([N+](=O)[O-])cc1Cl. The normalized spacial score (nSPS) is 16.3. The maximum Gasteiger partial charge on any atom is 0.271 e. The molecular weight excluding hydrogens is 900 g/mol. The van der Waals surface area contributed by atoms with Crippen molar-refractivity contribution in [3.63, 3.8) is 0 Å². The van der Waals surface area contributed by atoms with Crippen molar-refractivity contribution >= 4 is 107 Å². The van der Waals surface area contributed by atoms with Crippen LogP contribution >= 0.6 is 55.3 Å². The number of likely N-dealkylation sites (N-methyl/N-ethyl adjacent to an activating group) is 1. The molecule has 18 heteroatoms. The van der Waals surface area contributed by atoms with Crippen LogP contribution < -0.4 is 18.1 Å². The second-order valence-electron chi connectivity index (χ2n) is 12.8. The van der Waals surface area contributed by atoms with Crippen LogP contribution in [0.1, 0.15) is 32.7 Å². The summed E-state index contributed by atoms with van der Waals surface area (Å²) in [6.45, 7) is -0.984. The maximum atomic E-state index is 15.5.